The highest BCUT2D eigenvalue weighted by molar-refractivity contribution is 8.14. The first kappa shape index (κ1) is 17.5. The lowest BCUT2D eigenvalue weighted by atomic mass is 10.2. The van der Waals surface area contributed by atoms with Gasteiger partial charge in [0.2, 0.25) is 11.8 Å². The van der Waals surface area contributed by atoms with Gasteiger partial charge in [-0.05, 0) is 30.7 Å². The van der Waals surface area contributed by atoms with Crippen LogP contribution in [-0.2, 0) is 4.79 Å². The van der Waals surface area contributed by atoms with Gasteiger partial charge in [-0.1, -0.05) is 23.9 Å². The van der Waals surface area contributed by atoms with Gasteiger partial charge in [0.1, 0.15) is 5.75 Å². The summed E-state index contributed by atoms with van der Waals surface area (Å²) in [7, 11) is 0. The number of pyridine rings is 1. The number of benzene rings is 1. The Hall–Kier alpha value is -2.87. The largest absolute Gasteiger partial charge is 0.439 e. The van der Waals surface area contributed by atoms with Crippen molar-refractivity contribution < 1.29 is 19.1 Å². The van der Waals surface area contributed by atoms with E-state index in [0.29, 0.717) is 36.7 Å². The number of amides is 3. The Morgan fingerprint density at radius 3 is 2.81 bits per heavy atom. The van der Waals surface area contributed by atoms with Gasteiger partial charge >= 0.3 is 0 Å². The van der Waals surface area contributed by atoms with Crippen molar-refractivity contribution >= 4 is 28.8 Å². The Balaban J connectivity index is 1.45. The molecular formula is C19H17N3O4S. The van der Waals surface area contributed by atoms with E-state index < -0.39 is 0 Å². The quantitative estimate of drug-likeness (QED) is 0.808. The molecule has 4 rings (SSSR count). The fourth-order valence-corrected chi connectivity index (χ4v) is 4.03. The maximum atomic E-state index is 12.8. The summed E-state index contributed by atoms with van der Waals surface area (Å²) in [5.41, 5.74) is 0.498. The molecule has 1 atom stereocenters. The topological polar surface area (TPSA) is 79.8 Å². The molecule has 3 amide bonds. The van der Waals surface area contributed by atoms with Crippen molar-refractivity contribution in [1.29, 1.82) is 0 Å². The SMILES string of the molecule is O=C(c1cccc(Oc2ccccn2)c1)N1CCC(N2C(=O)CSC2=O)C1. The van der Waals surface area contributed by atoms with Gasteiger partial charge in [-0.2, -0.15) is 0 Å². The molecule has 0 spiro atoms. The van der Waals surface area contributed by atoms with Crippen molar-refractivity contribution in [3.63, 3.8) is 0 Å². The zero-order valence-corrected chi connectivity index (χ0v) is 15.2. The van der Waals surface area contributed by atoms with E-state index >= 15 is 0 Å². The molecule has 7 nitrogen and oxygen atoms in total. The smallest absolute Gasteiger partial charge is 0.289 e. The predicted molar refractivity (Wildman–Crippen MR) is 99.8 cm³/mol. The second-order valence-electron chi connectivity index (χ2n) is 6.31. The molecule has 2 aromatic rings. The molecular weight excluding hydrogens is 366 g/mol. The van der Waals surface area contributed by atoms with E-state index in [1.165, 1.54) is 4.90 Å². The van der Waals surface area contributed by atoms with Crippen LogP contribution in [0.4, 0.5) is 4.79 Å². The third-order valence-electron chi connectivity index (χ3n) is 4.54. The van der Waals surface area contributed by atoms with Gasteiger partial charge in [-0.15, -0.1) is 0 Å². The van der Waals surface area contributed by atoms with Crippen LogP contribution in [0.5, 0.6) is 11.6 Å². The number of imide groups is 1. The molecule has 3 heterocycles. The van der Waals surface area contributed by atoms with E-state index in [4.69, 9.17) is 4.74 Å². The summed E-state index contributed by atoms with van der Waals surface area (Å²) < 4.78 is 5.68. The lowest BCUT2D eigenvalue weighted by molar-refractivity contribution is -0.126. The molecule has 138 valence electrons. The molecule has 1 aromatic carbocycles. The van der Waals surface area contributed by atoms with Crippen molar-refractivity contribution in [1.82, 2.24) is 14.8 Å². The highest BCUT2D eigenvalue weighted by atomic mass is 32.2. The lowest BCUT2D eigenvalue weighted by Crippen LogP contribution is -2.41. The number of nitrogens with zero attached hydrogens (tertiary/aromatic N) is 3. The molecule has 1 unspecified atom stereocenters. The van der Waals surface area contributed by atoms with Crippen molar-refractivity contribution in [3.05, 3.63) is 54.2 Å². The van der Waals surface area contributed by atoms with Crippen molar-refractivity contribution in [3.8, 4) is 11.6 Å². The first-order valence-electron chi connectivity index (χ1n) is 8.59. The third-order valence-corrected chi connectivity index (χ3v) is 5.38. The molecule has 2 aliphatic rings. The van der Waals surface area contributed by atoms with Gasteiger partial charge in [-0.25, -0.2) is 4.98 Å². The van der Waals surface area contributed by atoms with Crippen LogP contribution >= 0.6 is 11.8 Å². The van der Waals surface area contributed by atoms with Crippen LogP contribution in [0.25, 0.3) is 0 Å². The van der Waals surface area contributed by atoms with Crippen molar-refractivity contribution in [2.75, 3.05) is 18.8 Å². The van der Waals surface area contributed by atoms with Crippen LogP contribution in [0.15, 0.2) is 48.7 Å². The first-order chi connectivity index (χ1) is 13.1. The fraction of sp³-hybridized carbons (Fsp3) is 0.263. The van der Waals surface area contributed by atoms with Gasteiger partial charge in [-0.3, -0.25) is 19.3 Å². The Morgan fingerprint density at radius 2 is 2.07 bits per heavy atom. The Labute approximate surface area is 160 Å². The summed E-state index contributed by atoms with van der Waals surface area (Å²) in [5.74, 6) is 0.852. The monoisotopic (exact) mass is 383 g/mol. The molecule has 0 aliphatic carbocycles. The minimum absolute atomic E-state index is 0.143. The van der Waals surface area contributed by atoms with E-state index in [1.54, 1.807) is 47.5 Å². The van der Waals surface area contributed by atoms with Crippen LogP contribution in [0.3, 0.4) is 0 Å². The van der Waals surface area contributed by atoms with Crippen molar-refractivity contribution in [2.24, 2.45) is 0 Å². The summed E-state index contributed by atoms with van der Waals surface area (Å²) >= 11 is 1.02. The van der Waals surface area contributed by atoms with E-state index in [9.17, 15) is 14.4 Å². The second kappa shape index (κ2) is 7.40. The molecule has 0 saturated carbocycles. The molecule has 0 radical (unpaired) electrons. The Bertz CT molecular complexity index is 874. The van der Waals surface area contributed by atoms with Crippen LogP contribution in [-0.4, -0.2) is 56.7 Å². The molecule has 0 N–H and O–H groups in total. The maximum absolute atomic E-state index is 12.8. The molecule has 27 heavy (non-hydrogen) atoms. The molecule has 2 aliphatic heterocycles. The number of likely N-dealkylation sites (tertiary alicyclic amines) is 1. The number of aromatic nitrogens is 1. The van der Waals surface area contributed by atoms with Crippen molar-refractivity contribution in [2.45, 2.75) is 12.5 Å². The maximum Gasteiger partial charge on any atom is 0.289 e. The van der Waals surface area contributed by atoms with Crippen LogP contribution in [0.2, 0.25) is 0 Å². The second-order valence-corrected chi connectivity index (χ2v) is 7.24. The van der Waals surface area contributed by atoms with Crippen LogP contribution < -0.4 is 4.74 Å². The average Bonchev–Trinajstić information content (AvgIpc) is 3.28. The highest BCUT2D eigenvalue weighted by Crippen LogP contribution is 2.27. The average molecular weight is 383 g/mol. The molecule has 2 fully saturated rings. The lowest BCUT2D eigenvalue weighted by Gasteiger charge is -2.22. The number of hydrogen-bond acceptors (Lipinski definition) is 6. The normalized spacial score (nSPS) is 19.6. The summed E-state index contributed by atoms with van der Waals surface area (Å²) in [6.07, 6.45) is 2.24. The minimum atomic E-state index is -0.239. The number of carbonyl (C=O) groups is 3. The standard InChI is InChI=1S/C19H17N3O4S/c23-17-12-27-19(25)22(17)14-7-9-21(11-14)18(24)13-4-3-5-15(10-13)26-16-6-1-2-8-20-16/h1-6,8,10,14H,7,9,11-12H2. The predicted octanol–water partition coefficient (Wildman–Crippen LogP) is 2.78. The molecule has 8 heteroatoms. The molecule has 2 saturated heterocycles. The van der Waals surface area contributed by atoms with E-state index in [0.717, 1.165) is 11.8 Å². The summed E-state index contributed by atoms with van der Waals surface area (Å²) in [6.45, 7) is 0.874. The number of ether oxygens (including phenoxy) is 1. The summed E-state index contributed by atoms with van der Waals surface area (Å²) in [4.78, 5) is 43.7. The molecule has 0 bridgehead atoms. The minimum Gasteiger partial charge on any atom is -0.439 e. The fourth-order valence-electron chi connectivity index (χ4n) is 3.26. The summed E-state index contributed by atoms with van der Waals surface area (Å²) in [6, 6.07) is 12.0. The summed E-state index contributed by atoms with van der Waals surface area (Å²) in [5, 5.41) is -0.218. The Kier molecular flexibility index (Phi) is 4.81. The van der Waals surface area contributed by atoms with E-state index in [2.05, 4.69) is 4.98 Å². The number of thioether (sulfide) groups is 1. The number of hydrogen-bond donors (Lipinski definition) is 0. The van der Waals surface area contributed by atoms with Gasteiger partial charge in [0.25, 0.3) is 11.1 Å². The van der Waals surface area contributed by atoms with E-state index in [-0.39, 0.29) is 28.8 Å². The van der Waals surface area contributed by atoms with Crippen LogP contribution in [0, 0.1) is 0 Å². The van der Waals surface area contributed by atoms with Crippen LogP contribution in [0.1, 0.15) is 16.8 Å². The third kappa shape index (κ3) is 3.66. The molecule has 1 aromatic heterocycles. The van der Waals surface area contributed by atoms with E-state index in [1.807, 2.05) is 6.07 Å². The first-order valence-corrected chi connectivity index (χ1v) is 9.57. The number of rotatable bonds is 4. The number of carbonyl (C=O) groups excluding carboxylic acids is 3. The van der Waals surface area contributed by atoms with Gasteiger partial charge < -0.3 is 9.64 Å². The zero-order valence-electron chi connectivity index (χ0n) is 14.4. The van der Waals surface area contributed by atoms with Gasteiger partial charge in [0, 0.05) is 30.9 Å². The highest BCUT2D eigenvalue weighted by Gasteiger charge is 2.40. The van der Waals surface area contributed by atoms with Gasteiger partial charge in [0.05, 0.1) is 11.8 Å². The van der Waals surface area contributed by atoms with Gasteiger partial charge in [0.15, 0.2) is 0 Å². The Morgan fingerprint density at radius 1 is 1.19 bits per heavy atom. The zero-order chi connectivity index (χ0) is 18.8.